The van der Waals surface area contributed by atoms with Crippen LogP contribution >= 0.6 is 11.3 Å². The SMILES string of the molecule is Cc1cnc(C(C)NC2c3ccccc3CCC2(C)C)s1. The molecule has 0 saturated carbocycles. The number of aryl methyl sites for hydroxylation is 2. The van der Waals surface area contributed by atoms with Crippen molar-refractivity contribution in [3.05, 3.63) is 51.5 Å². The lowest BCUT2D eigenvalue weighted by atomic mass is 9.70. The number of nitrogens with one attached hydrogen (secondary N) is 1. The standard InChI is InChI=1S/C18H24N2S/c1-12-11-19-17(21-12)13(2)20-16-15-8-6-5-7-14(15)9-10-18(16,3)4/h5-8,11,13,16,20H,9-10H2,1-4H3. The van der Waals surface area contributed by atoms with E-state index >= 15 is 0 Å². The Kier molecular flexibility index (Phi) is 3.89. The van der Waals surface area contributed by atoms with E-state index in [9.17, 15) is 0 Å². The van der Waals surface area contributed by atoms with Crippen LogP contribution in [-0.4, -0.2) is 4.98 Å². The number of fused-ring (bicyclic) bond motifs is 1. The highest BCUT2D eigenvalue weighted by Crippen LogP contribution is 2.44. The van der Waals surface area contributed by atoms with E-state index in [0.717, 1.165) is 0 Å². The third-order valence-electron chi connectivity index (χ3n) is 4.61. The van der Waals surface area contributed by atoms with Gasteiger partial charge in [-0.1, -0.05) is 38.1 Å². The molecule has 2 unspecified atom stereocenters. The van der Waals surface area contributed by atoms with Crippen molar-refractivity contribution in [2.24, 2.45) is 5.41 Å². The molecule has 3 heteroatoms. The van der Waals surface area contributed by atoms with E-state index in [1.165, 1.54) is 33.9 Å². The summed E-state index contributed by atoms with van der Waals surface area (Å²) >= 11 is 1.79. The molecular formula is C18H24N2S. The van der Waals surface area contributed by atoms with E-state index in [1.54, 1.807) is 11.3 Å². The Bertz CT molecular complexity index is 630. The molecule has 2 aromatic rings. The predicted octanol–water partition coefficient (Wildman–Crippen LogP) is 4.82. The first-order chi connectivity index (χ1) is 9.97. The van der Waals surface area contributed by atoms with Gasteiger partial charge in [0.2, 0.25) is 0 Å². The second kappa shape index (κ2) is 5.54. The molecule has 0 radical (unpaired) electrons. The molecular weight excluding hydrogens is 276 g/mol. The molecule has 0 spiro atoms. The summed E-state index contributed by atoms with van der Waals surface area (Å²) in [5.41, 5.74) is 3.24. The van der Waals surface area contributed by atoms with E-state index < -0.39 is 0 Å². The van der Waals surface area contributed by atoms with Gasteiger partial charge >= 0.3 is 0 Å². The fourth-order valence-electron chi connectivity index (χ4n) is 3.27. The Morgan fingerprint density at radius 2 is 2.10 bits per heavy atom. The quantitative estimate of drug-likeness (QED) is 0.879. The second-order valence-electron chi connectivity index (χ2n) is 6.82. The zero-order chi connectivity index (χ0) is 15.0. The Hall–Kier alpha value is -1.19. The van der Waals surface area contributed by atoms with Gasteiger partial charge in [-0.3, -0.25) is 0 Å². The number of aromatic nitrogens is 1. The topological polar surface area (TPSA) is 24.9 Å². The number of thiazole rings is 1. The molecule has 1 aromatic heterocycles. The van der Waals surface area contributed by atoms with Gasteiger partial charge < -0.3 is 5.32 Å². The maximum absolute atomic E-state index is 4.54. The molecule has 1 aliphatic carbocycles. The zero-order valence-electron chi connectivity index (χ0n) is 13.3. The Morgan fingerprint density at radius 3 is 2.81 bits per heavy atom. The predicted molar refractivity (Wildman–Crippen MR) is 89.7 cm³/mol. The summed E-state index contributed by atoms with van der Waals surface area (Å²) in [6.07, 6.45) is 4.38. The highest BCUT2D eigenvalue weighted by Gasteiger charge is 2.36. The molecule has 0 amide bonds. The minimum atomic E-state index is 0.273. The lowest BCUT2D eigenvalue weighted by Gasteiger charge is -2.42. The molecule has 1 aliphatic rings. The first-order valence-corrected chi connectivity index (χ1v) is 8.55. The molecule has 2 nitrogen and oxygen atoms in total. The van der Waals surface area contributed by atoms with Crippen molar-refractivity contribution in [1.82, 2.24) is 10.3 Å². The summed E-state index contributed by atoms with van der Waals surface area (Å²) in [4.78, 5) is 5.82. The number of rotatable bonds is 3. The van der Waals surface area contributed by atoms with E-state index in [2.05, 4.69) is 62.3 Å². The van der Waals surface area contributed by atoms with Crippen LogP contribution in [0.3, 0.4) is 0 Å². The lowest BCUT2D eigenvalue weighted by molar-refractivity contribution is 0.196. The number of nitrogens with zero attached hydrogens (tertiary/aromatic N) is 1. The summed E-state index contributed by atoms with van der Waals surface area (Å²) in [7, 11) is 0. The van der Waals surface area contributed by atoms with E-state index in [1.807, 2.05) is 6.20 Å². The maximum Gasteiger partial charge on any atom is 0.109 e. The molecule has 112 valence electrons. The largest absolute Gasteiger partial charge is 0.301 e. The van der Waals surface area contributed by atoms with Gasteiger partial charge in [-0.25, -0.2) is 4.98 Å². The third kappa shape index (κ3) is 2.90. The van der Waals surface area contributed by atoms with Crippen LogP contribution in [0.1, 0.15) is 60.3 Å². The molecule has 21 heavy (non-hydrogen) atoms. The zero-order valence-corrected chi connectivity index (χ0v) is 14.1. The average Bonchev–Trinajstić information content (AvgIpc) is 2.89. The maximum atomic E-state index is 4.54. The van der Waals surface area contributed by atoms with E-state index in [4.69, 9.17) is 0 Å². The van der Waals surface area contributed by atoms with Gasteiger partial charge in [-0.05, 0) is 43.2 Å². The van der Waals surface area contributed by atoms with Crippen LogP contribution in [0.2, 0.25) is 0 Å². The van der Waals surface area contributed by atoms with Crippen LogP contribution in [0.5, 0.6) is 0 Å². The monoisotopic (exact) mass is 300 g/mol. The van der Waals surface area contributed by atoms with Crippen molar-refractivity contribution in [1.29, 1.82) is 0 Å². The minimum Gasteiger partial charge on any atom is -0.301 e. The number of benzene rings is 1. The lowest BCUT2D eigenvalue weighted by Crippen LogP contribution is -2.39. The van der Waals surface area contributed by atoms with E-state index in [0.29, 0.717) is 12.1 Å². The van der Waals surface area contributed by atoms with Gasteiger partial charge in [0.25, 0.3) is 0 Å². The molecule has 1 heterocycles. The van der Waals surface area contributed by atoms with Crippen molar-refractivity contribution in [2.45, 2.75) is 52.6 Å². The molecule has 2 atom stereocenters. The van der Waals surface area contributed by atoms with Crippen molar-refractivity contribution in [3.8, 4) is 0 Å². The Balaban J connectivity index is 1.89. The molecule has 0 aliphatic heterocycles. The molecule has 0 bridgehead atoms. The van der Waals surface area contributed by atoms with Crippen molar-refractivity contribution in [2.75, 3.05) is 0 Å². The van der Waals surface area contributed by atoms with Crippen LogP contribution in [0, 0.1) is 12.3 Å². The summed E-state index contributed by atoms with van der Waals surface area (Å²) in [5.74, 6) is 0. The van der Waals surface area contributed by atoms with Crippen LogP contribution in [0.4, 0.5) is 0 Å². The fourth-order valence-corrected chi connectivity index (χ4v) is 4.06. The van der Waals surface area contributed by atoms with Crippen LogP contribution < -0.4 is 5.32 Å². The minimum absolute atomic E-state index is 0.273. The normalized spacial score (nSPS) is 21.8. The number of hydrogen-bond donors (Lipinski definition) is 1. The summed E-state index contributed by atoms with van der Waals surface area (Å²) < 4.78 is 0. The highest BCUT2D eigenvalue weighted by atomic mass is 32.1. The molecule has 1 N–H and O–H groups in total. The van der Waals surface area contributed by atoms with Gasteiger partial charge in [0.05, 0.1) is 6.04 Å². The second-order valence-corrected chi connectivity index (χ2v) is 8.08. The van der Waals surface area contributed by atoms with Crippen molar-refractivity contribution < 1.29 is 0 Å². The smallest absolute Gasteiger partial charge is 0.109 e. The van der Waals surface area contributed by atoms with Gasteiger partial charge in [-0.2, -0.15) is 0 Å². The van der Waals surface area contributed by atoms with E-state index in [-0.39, 0.29) is 5.41 Å². The van der Waals surface area contributed by atoms with Crippen molar-refractivity contribution >= 4 is 11.3 Å². The first-order valence-electron chi connectivity index (χ1n) is 7.73. The molecule has 3 rings (SSSR count). The van der Waals surface area contributed by atoms with Gasteiger partial charge in [0.15, 0.2) is 0 Å². The Morgan fingerprint density at radius 1 is 1.33 bits per heavy atom. The third-order valence-corrected chi connectivity index (χ3v) is 5.71. The molecule has 1 aromatic carbocycles. The Labute approximate surface area is 131 Å². The van der Waals surface area contributed by atoms with Crippen LogP contribution in [0.25, 0.3) is 0 Å². The van der Waals surface area contributed by atoms with Crippen LogP contribution in [-0.2, 0) is 6.42 Å². The van der Waals surface area contributed by atoms with Crippen molar-refractivity contribution in [3.63, 3.8) is 0 Å². The highest BCUT2D eigenvalue weighted by molar-refractivity contribution is 7.11. The van der Waals surface area contributed by atoms with Gasteiger partial charge in [-0.15, -0.1) is 11.3 Å². The molecule has 0 saturated heterocycles. The summed E-state index contributed by atoms with van der Waals surface area (Å²) in [5, 5.41) is 5.03. The van der Waals surface area contributed by atoms with Gasteiger partial charge in [0.1, 0.15) is 5.01 Å². The first kappa shape index (κ1) is 14.7. The summed E-state index contributed by atoms with van der Waals surface area (Å²) in [6.45, 7) is 9.10. The van der Waals surface area contributed by atoms with Gasteiger partial charge in [0, 0.05) is 17.1 Å². The molecule has 0 fully saturated rings. The van der Waals surface area contributed by atoms with Crippen LogP contribution in [0.15, 0.2) is 30.5 Å². The fraction of sp³-hybridized carbons (Fsp3) is 0.500. The number of hydrogen-bond acceptors (Lipinski definition) is 3. The summed E-state index contributed by atoms with van der Waals surface area (Å²) in [6, 6.07) is 9.56. The average molecular weight is 300 g/mol.